The molecule has 0 heterocycles. The second-order valence-corrected chi connectivity index (χ2v) is 8.03. The number of amides is 1. The lowest BCUT2D eigenvalue weighted by Gasteiger charge is -2.18. The van der Waals surface area contributed by atoms with Crippen molar-refractivity contribution in [2.45, 2.75) is 48.8 Å². The predicted molar refractivity (Wildman–Crippen MR) is 82.9 cm³/mol. The average Bonchev–Trinajstić information content (AvgIpc) is 2.90. The van der Waals surface area contributed by atoms with Gasteiger partial charge in [-0.05, 0) is 38.0 Å². The quantitative estimate of drug-likeness (QED) is 0.828. The van der Waals surface area contributed by atoms with Crippen LogP contribution in [0.25, 0.3) is 0 Å². The highest BCUT2D eigenvalue weighted by Gasteiger charge is 2.32. The fraction of sp³-hybridized carbons (Fsp3) is 0.500. The third-order valence-corrected chi connectivity index (χ3v) is 6.18. The van der Waals surface area contributed by atoms with Crippen molar-refractivity contribution in [2.24, 2.45) is 0 Å². The number of hydrogen-bond acceptors (Lipinski definition) is 4. The molecule has 1 aliphatic carbocycles. The number of sulfone groups is 1. The van der Waals surface area contributed by atoms with Crippen LogP contribution in [0.2, 0.25) is 5.02 Å². The van der Waals surface area contributed by atoms with E-state index in [1.807, 2.05) is 0 Å². The molecule has 0 saturated heterocycles. The van der Waals surface area contributed by atoms with E-state index < -0.39 is 21.0 Å². The van der Waals surface area contributed by atoms with Gasteiger partial charge in [-0.1, -0.05) is 24.4 Å². The van der Waals surface area contributed by atoms with Crippen LogP contribution in [0, 0.1) is 0 Å². The van der Waals surface area contributed by atoms with Crippen LogP contribution in [-0.4, -0.2) is 25.6 Å². The van der Waals surface area contributed by atoms with Gasteiger partial charge in [0.1, 0.15) is 5.25 Å². The van der Waals surface area contributed by atoms with Gasteiger partial charge in [0.15, 0.2) is 9.84 Å². The molecule has 0 aliphatic heterocycles. The number of halogens is 1. The summed E-state index contributed by atoms with van der Waals surface area (Å²) in [5.41, 5.74) is 5.77. The zero-order valence-corrected chi connectivity index (χ0v) is 13.4. The molecule has 1 aromatic rings. The van der Waals surface area contributed by atoms with Gasteiger partial charge >= 0.3 is 0 Å². The fourth-order valence-corrected chi connectivity index (χ4v) is 4.05. The first kappa shape index (κ1) is 16.1. The van der Waals surface area contributed by atoms with Gasteiger partial charge in [-0.25, -0.2) is 8.42 Å². The lowest BCUT2D eigenvalue weighted by atomic mass is 10.2. The zero-order valence-electron chi connectivity index (χ0n) is 11.8. The van der Waals surface area contributed by atoms with Crippen LogP contribution in [0.5, 0.6) is 0 Å². The Morgan fingerprint density at radius 2 is 2.00 bits per heavy atom. The van der Waals surface area contributed by atoms with Gasteiger partial charge in [-0.15, -0.1) is 0 Å². The van der Waals surface area contributed by atoms with E-state index in [1.165, 1.54) is 25.1 Å². The number of rotatable bonds is 4. The van der Waals surface area contributed by atoms with Crippen molar-refractivity contribution in [3.05, 3.63) is 23.2 Å². The summed E-state index contributed by atoms with van der Waals surface area (Å²) >= 11 is 5.77. The van der Waals surface area contributed by atoms with Crippen LogP contribution in [0.15, 0.2) is 23.1 Å². The van der Waals surface area contributed by atoms with Crippen LogP contribution in [-0.2, 0) is 14.6 Å². The third-order valence-electron chi connectivity index (χ3n) is 3.81. The SMILES string of the molecule is CC(C(=O)NC1CCCC1)S(=O)(=O)c1ccc(Cl)cc1N. The monoisotopic (exact) mass is 330 g/mol. The predicted octanol–water partition coefficient (Wildman–Crippen LogP) is 2.14. The minimum atomic E-state index is -3.82. The standard InChI is InChI=1S/C14H19ClN2O3S/c1-9(14(18)17-11-4-2-3-5-11)21(19,20)13-7-6-10(15)8-12(13)16/h6-9,11H,2-5,16H2,1H3,(H,17,18). The molecular weight excluding hydrogens is 312 g/mol. The van der Waals surface area contributed by atoms with Crippen molar-refractivity contribution in [2.75, 3.05) is 5.73 Å². The van der Waals surface area contributed by atoms with Crippen LogP contribution in [0.3, 0.4) is 0 Å². The van der Waals surface area contributed by atoms with Crippen LogP contribution >= 0.6 is 11.6 Å². The molecule has 1 aliphatic rings. The minimum absolute atomic E-state index is 0.0547. The van der Waals surface area contributed by atoms with E-state index in [1.54, 1.807) is 0 Å². The smallest absolute Gasteiger partial charge is 0.238 e. The summed E-state index contributed by atoms with van der Waals surface area (Å²) in [6, 6.07) is 4.24. The molecule has 1 saturated carbocycles. The summed E-state index contributed by atoms with van der Waals surface area (Å²) in [5.74, 6) is -0.476. The van der Waals surface area contributed by atoms with Gasteiger partial charge < -0.3 is 11.1 Å². The fourth-order valence-electron chi connectivity index (χ4n) is 2.50. The second-order valence-electron chi connectivity index (χ2n) is 5.36. The van der Waals surface area contributed by atoms with Crippen molar-refractivity contribution in [3.8, 4) is 0 Å². The van der Waals surface area contributed by atoms with E-state index >= 15 is 0 Å². The topological polar surface area (TPSA) is 89.3 Å². The Hall–Kier alpha value is -1.27. The Kier molecular flexibility index (Phi) is 4.78. The molecule has 0 spiro atoms. The van der Waals surface area contributed by atoms with Crippen molar-refractivity contribution in [1.82, 2.24) is 5.32 Å². The maximum absolute atomic E-state index is 12.5. The largest absolute Gasteiger partial charge is 0.398 e. The molecule has 1 fully saturated rings. The highest BCUT2D eigenvalue weighted by Crippen LogP contribution is 2.26. The summed E-state index contributed by atoms with van der Waals surface area (Å²) in [4.78, 5) is 12.1. The number of hydrogen-bond donors (Lipinski definition) is 2. The summed E-state index contributed by atoms with van der Waals surface area (Å²) in [5, 5.41) is 1.98. The number of nitrogens with one attached hydrogen (secondary N) is 1. The molecule has 1 amide bonds. The number of nitrogen functional groups attached to an aromatic ring is 1. The van der Waals surface area contributed by atoms with Crippen molar-refractivity contribution in [3.63, 3.8) is 0 Å². The maximum atomic E-state index is 12.5. The lowest BCUT2D eigenvalue weighted by Crippen LogP contribution is -2.42. The van der Waals surface area contributed by atoms with E-state index in [-0.39, 0.29) is 16.6 Å². The molecule has 0 radical (unpaired) electrons. The lowest BCUT2D eigenvalue weighted by molar-refractivity contribution is -0.121. The number of carbonyl (C=O) groups is 1. The molecule has 1 unspecified atom stereocenters. The van der Waals surface area contributed by atoms with Crippen molar-refractivity contribution >= 4 is 33.0 Å². The van der Waals surface area contributed by atoms with Crippen LogP contribution < -0.4 is 11.1 Å². The summed E-state index contributed by atoms with van der Waals surface area (Å²) in [7, 11) is -3.82. The molecule has 21 heavy (non-hydrogen) atoms. The van der Waals surface area contributed by atoms with E-state index in [0.29, 0.717) is 5.02 Å². The Bertz CT molecular complexity index is 640. The zero-order chi connectivity index (χ0) is 15.6. The first-order chi connectivity index (χ1) is 9.82. The number of nitrogens with two attached hydrogens (primary N) is 1. The normalized spacial score (nSPS) is 17.6. The Balaban J connectivity index is 2.19. The molecule has 1 aromatic carbocycles. The molecule has 2 rings (SSSR count). The van der Waals surface area contributed by atoms with Gasteiger partial charge in [-0.2, -0.15) is 0 Å². The van der Waals surface area contributed by atoms with Gasteiger partial charge in [0, 0.05) is 11.1 Å². The molecule has 0 aromatic heterocycles. The van der Waals surface area contributed by atoms with Gasteiger partial charge in [0.2, 0.25) is 5.91 Å². The molecule has 0 bridgehead atoms. The summed E-state index contributed by atoms with van der Waals surface area (Å²) < 4.78 is 25.0. The van der Waals surface area contributed by atoms with Gasteiger partial charge in [-0.3, -0.25) is 4.79 Å². The highest BCUT2D eigenvalue weighted by atomic mass is 35.5. The number of anilines is 1. The van der Waals surface area contributed by atoms with Gasteiger partial charge in [0.05, 0.1) is 10.6 Å². The summed E-state index contributed by atoms with van der Waals surface area (Å²) in [6.45, 7) is 1.38. The Labute approximate surface area is 129 Å². The Morgan fingerprint density at radius 3 is 2.57 bits per heavy atom. The molecule has 7 heteroatoms. The van der Waals surface area contributed by atoms with E-state index in [0.717, 1.165) is 25.7 Å². The average molecular weight is 331 g/mol. The first-order valence-corrected chi connectivity index (χ1v) is 8.84. The number of carbonyl (C=O) groups excluding carboxylic acids is 1. The third kappa shape index (κ3) is 3.49. The summed E-state index contributed by atoms with van der Waals surface area (Å²) in [6.07, 6.45) is 3.94. The number of benzene rings is 1. The Morgan fingerprint density at radius 1 is 1.38 bits per heavy atom. The molecular formula is C14H19ClN2O3S. The molecule has 3 N–H and O–H groups in total. The van der Waals surface area contributed by atoms with Crippen LogP contribution in [0.1, 0.15) is 32.6 Å². The highest BCUT2D eigenvalue weighted by molar-refractivity contribution is 7.93. The van der Waals surface area contributed by atoms with Crippen LogP contribution in [0.4, 0.5) is 5.69 Å². The first-order valence-electron chi connectivity index (χ1n) is 6.91. The van der Waals surface area contributed by atoms with E-state index in [4.69, 9.17) is 17.3 Å². The van der Waals surface area contributed by atoms with Gasteiger partial charge in [0.25, 0.3) is 0 Å². The maximum Gasteiger partial charge on any atom is 0.238 e. The molecule has 1 atom stereocenters. The molecule has 116 valence electrons. The van der Waals surface area contributed by atoms with Crippen molar-refractivity contribution < 1.29 is 13.2 Å². The van der Waals surface area contributed by atoms with E-state index in [2.05, 4.69) is 5.32 Å². The van der Waals surface area contributed by atoms with Crippen molar-refractivity contribution in [1.29, 1.82) is 0 Å². The second kappa shape index (κ2) is 6.23. The minimum Gasteiger partial charge on any atom is -0.398 e. The molecule has 5 nitrogen and oxygen atoms in total. The van der Waals surface area contributed by atoms with E-state index in [9.17, 15) is 13.2 Å².